The number of allylic oxidation sites excluding steroid dienone is 1. The van der Waals surface area contributed by atoms with Crippen LogP contribution in [0.25, 0.3) is 0 Å². The second-order valence-electron chi connectivity index (χ2n) is 7.04. The number of hydrogen-bond donors (Lipinski definition) is 1. The van der Waals surface area contributed by atoms with Gasteiger partial charge >= 0.3 is 11.9 Å². The summed E-state index contributed by atoms with van der Waals surface area (Å²) in [7, 11) is 0. The third kappa shape index (κ3) is 4.92. The number of nitrogens with two attached hydrogens (primary N) is 1. The summed E-state index contributed by atoms with van der Waals surface area (Å²) in [5.74, 6) is -2.62. The van der Waals surface area contributed by atoms with Crippen LogP contribution in [0.5, 0.6) is 0 Å². The van der Waals surface area contributed by atoms with Crippen molar-refractivity contribution >= 4 is 17.6 Å². The van der Waals surface area contributed by atoms with E-state index in [1.165, 1.54) is 25.1 Å². The highest BCUT2D eigenvalue weighted by atomic mass is 16.6. The average Bonchev–Trinajstić information content (AvgIpc) is 2.59. The van der Waals surface area contributed by atoms with E-state index in [2.05, 4.69) is 0 Å². The van der Waals surface area contributed by atoms with Crippen molar-refractivity contribution in [2.24, 2.45) is 5.73 Å². The fraction of sp³-hybridized carbons (Fsp3) is 0.400. The zero-order valence-electron chi connectivity index (χ0n) is 16.9. The lowest BCUT2D eigenvalue weighted by Gasteiger charge is -2.29. The molecule has 0 amide bonds. The molecule has 1 heterocycles. The van der Waals surface area contributed by atoms with E-state index in [4.69, 9.17) is 19.9 Å². The molecule has 0 saturated heterocycles. The van der Waals surface area contributed by atoms with E-state index in [9.17, 15) is 19.7 Å². The highest BCUT2D eigenvalue weighted by Gasteiger charge is 2.41. The minimum absolute atomic E-state index is 0.0316. The summed E-state index contributed by atoms with van der Waals surface area (Å²) >= 11 is 0. The van der Waals surface area contributed by atoms with Crippen LogP contribution in [0, 0.1) is 10.1 Å². The summed E-state index contributed by atoms with van der Waals surface area (Å²) in [6.45, 7) is 8.19. The highest BCUT2D eigenvalue weighted by molar-refractivity contribution is 5.99. The van der Waals surface area contributed by atoms with Gasteiger partial charge in [-0.2, -0.15) is 0 Å². The zero-order valence-corrected chi connectivity index (χ0v) is 16.9. The van der Waals surface area contributed by atoms with Gasteiger partial charge in [-0.3, -0.25) is 10.1 Å². The smallest absolute Gasteiger partial charge is 0.340 e. The number of nitrogens with zero attached hydrogens (tertiary/aromatic N) is 1. The SMILES string of the molecule is CC1=C(C(=O)OC(C)C)C(c2cccc([N+](=O)[O-])c2)C(C(=O)OC(C)C)=C(N)O1. The van der Waals surface area contributed by atoms with Gasteiger partial charge in [0.25, 0.3) is 5.69 Å². The summed E-state index contributed by atoms with van der Waals surface area (Å²) in [5, 5.41) is 11.2. The van der Waals surface area contributed by atoms with Crippen molar-refractivity contribution in [1.82, 2.24) is 0 Å². The highest BCUT2D eigenvalue weighted by Crippen LogP contribution is 2.41. The number of carbonyl (C=O) groups is 2. The number of nitro groups is 1. The van der Waals surface area contributed by atoms with Crippen LogP contribution in [0.1, 0.15) is 46.1 Å². The fourth-order valence-electron chi connectivity index (χ4n) is 2.95. The van der Waals surface area contributed by atoms with Crippen molar-refractivity contribution < 1.29 is 28.7 Å². The minimum atomic E-state index is -1.04. The van der Waals surface area contributed by atoms with Crippen LogP contribution in [-0.4, -0.2) is 29.1 Å². The van der Waals surface area contributed by atoms with Crippen molar-refractivity contribution in [3.63, 3.8) is 0 Å². The predicted octanol–water partition coefficient (Wildman–Crippen LogP) is 3.06. The zero-order chi connectivity index (χ0) is 21.9. The molecule has 9 nitrogen and oxygen atoms in total. The lowest BCUT2D eigenvalue weighted by molar-refractivity contribution is -0.384. The number of esters is 2. The van der Waals surface area contributed by atoms with Crippen molar-refractivity contribution in [3.05, 3.63) is 62.7 Å². The van der Waals surface area contributed by atoms with Gasteiger partial charge in [0.15, 0.2) is 0 Å². The van der Waals surface area contributed by atoms with Gasteiger partial charge in [0.05, 0.1) is 28.6 Å². The van der Waals surface area contributed by atoms with Gasteiger partial charge in [-0.15, -0.1) is 0 Å². The predicted molar refractivity (Wildman–Crippen MR) is 103 cm³/mol. The number of non-ortho nitro benzene ring substituents is 1. The fourth-order valence-corrected chi connectivity index (χ4v) is 2.95. The topological polar surface area (TPSA) is 131 Å². The molecule has 1 atom stereocenters. The summed E-state index contributed by atoms with van der Waals surface area (Å²) in [6, 6.07) is 5.62. The van der Waals surface area contributed by atoms with Crippen LogP contribution in [0.3, 0.4) is 0 Å². The maximum Gasteiger partial charge on any atom is 0.340 e. The van der Waals surface area contributed by atoms with Crippen molar-refractivity contribution in [2.75, 3.05) is 0 Å². The first-order valence-electron chi connectivity index (χ1n) is 9.07. The molecule has 0 aliphatic carbocycles. The van der Waals surface area contributed by atoms with Gasteiger partial charge in [0.2, 0.25) is 5.88 Å². The Morgan fingerprint density at radius 3 is 2.17 bits per heavy atom. The van der Waals surface area contributed by atoms with E-state index in [1.807, 2.05) is 0 Å². The van der Waals surface area contributed by atoms with E-state index in [0.29, 0.717) is 5.56 Å². The molecule has 0 bridgehead atoms. The van der Waals surface area contributed by atoms with Gasteiger partial charge in [-0.1, -0.05) is 12.1 Å². The molecule has 1 aliphatic rings. The molecule has 2 rings (SSSR count). The van der Waals surface area contributed by atoms with Crippen LogP contribution in [0.4, 0.5) is 5.69 Å². The Morgan fingerprint density at radius 1 is 1.10 bits per heavy atom. The van der Waals surface area contributed by atoms with Crippen LogP contribution < -0.4 is 5.73 Å². The second kappa shape index (κ2) is 8.76. The first kappa shape index (κ1) is 21.9. The van der Waals surface area contributed by atoms with Gasteiger partial charge in [0.1, 0.15) is 11.3 Å². The molecule has 0 spiro atoms. The standard InChI is InChI=1S/C20H24N2O7/c1-10(2)27-19(23)15-12(5)29-18(21)17(20(24)28-11(3)4)16(15)13-7-6-8-14(9-13)22(25)26/h6-11,16H,21H2,1-5H3. The van der Waals surface area contributed by atoms with Gasteiger partial charge < -0.3 is 19.9 Å². The first-order valence-corrected chi connectivity index (χ1v) is 9.07. The van der Waals surface area contributed by atoms with E-state index in [0.717, 1.165) is 0 Å². The van der Waals surface area contributed by atoms with E-state index in [-0.39, 0.29) is 28.5 Å². The van der Waals surface area contributed by atoms with Crippen molar-refractivity contribution in [3.8, 4) is 0 Å². The van der Waals surface area contributed by atoms with Crippen LogP contribution in [0.2, 0.25) is 0 Å². The van der Waals surface area contributed by atoms with Crippen molar-refractivity contribution in [2.45, 2.75) is 52.7 Å². The molecule has 1 aromatic carbocycles. The molecular weight excluding hydrogens is 380 g/mol. The second-order valence-corrected chi connectivity index (χ2v) is 7.04. The first-order chi connectivity index (χ1) is 13.5. The Morgan fingerprint density at radius 2 is 1.66 bits per heavy atom. The Hall–Kier alpha value is -3.36. The average molecular weight is 404 g/mol. The minimum Gasteiger partial charge on any atom is -0.459 e. The van der Waals surface area contributed by atoms with Crippen LogP contribution in [0.15, 0.2) is 47.1 Å². The monoisotopic (exact) mass is 404 g/mol. The summed E-state index contributed by atoms with van der Waals surface area (Å²) in [5.41, 5.74) is 6.01. The van der Waals surface area contributed by atoms with Crippen molar-refractivity contribution in [1.29, 1.82) is 0 Å². The number of ether oxygens (including phenoxy) is 3. The van der Waals surface area contributed by atoms with Gasteiger partial charge in [-0.05, 0) is 40.2 Å². The molecule has 1 aliphatic heterocycles. The molecule has 1 aromatic rings. The van der Waals surface area contributed by atoms with E-state index in [1.54, 1.807) is 33.8 Å². The Labute approximate surface area is 168 Å². The molecule has 0 fully saturated rings. The number of carbonyl (C=O) groups excluding carboxylic acids is 2. The Bertz CT molecular complexity index is 856. The molecule has 0 saturated carbocycles. The molecular formula is C20H24N2O7. The summed E-state index contributed by atoms with van der Waals surface area (Å²) in [6.07, 6.45) is -0.880. The maximum atomic E-state index is 12.8. The molecule has 1 unspecified atom stereocenters. The summed E-state index contributed by atoms with van der Waals surface area (Å²) in [4.78, 5) is 36.2. The molecule has 0 aromatic heterocycles. The number of hydrogen-bond acceptors (Lipinski definition) is 8. The third-order valence-corrected chi connectivity index (χ3v) is 4.02. The quantitative estimate of drug-likeness (QED) is 0.435. The normalized spacial score (nSPS) is 16.7. The van der Waals surface area contributed by atoms with E-state index >= 15 is 0 Å². The van der Waals surface area contributed by atoms with Crippen LogP contribution >= 0.6 is 0 Å². The van der Waals surface area contributed by atoms with Gasteiger partial charge in [-0.25, -0.2) is 9.59 Å². The Kier molecular flexibility index (Phi) is 6.63. The summed E-state index contributed by atoms with van der Waals surface area (Å²) < 4.78 is 16.0. The Balaban J connectivity index is 2.68. The molecule has 9 heteroatoms. The maximum absolute atomic E-state index is 12.8. The molecule has 2 N–H and O–H groups in total. The van der Waals surface area contributed by atoms with E-state index < -0.39 is 35.0 Å². The molecule has 29 heavy (non-hydrogen) atoms. The molecule has 156 valence electrons. The largest absolute Gasteiger partial charge is 0.459 e. The number of nitro benzene ring substituents is 1. The third-order valence-electron chi connectivity index (χ3n) is 4.02. The lowest BCUT2D eigenvalue weighted by Crippen LogP contribution is -2.31. The lowest BCUT2D eigenvalue weighted by atomic mass is 9.82. The van der Waals surface area contributed by atoms with Crippen LogP contribution in [-0.2, 0) is 23.8 Å². The number of rotatable bonds is 6. The van der Waals surface area contributed by atoms with Gasteiger partial charge in [0, 0.05) is 12.1 Å². The molecule has 0 radical (unpaired) electrons. The number of benzene rings is 1.